The Balaban J connectivity index is 1.84. The number of nitrogen functional groups attached to an aromatic ring is 1. The number of nitrogens with zero attached hydrogens (tertiary/aromatic N) is 1. The lowest BCUT2D eigenvalue weighted by Gasteiger charge is -2.37. The molecule has 0 amide bonds. The summed E-state index contributed by atoms with van der Waals surface area (Å²) >= 11 is 2.09. The van der Waals surface area contributed by atoms with Crippen molar-refractivity contribution in [3.05, 3.63) is 29.8 Å². The standard InChI is InChI=1S/C14H22N2S/c1-14(2)11-16(9-10-17-14)8-7-12-3-5-13(15)6-4-12/h3-6H,7-11,15H2,1-2H3. The highest BCUT2D eigenvalue weighted by molar-refractivity contribution is 8.00. The predicted molar refractivity (Wildman–Crippen MR) is 77.5 cm³/mol. The molecule has 0 aliphatic carbocycles. The van der Waals surface area contributed by atoms with Crippen LogP contribution in [0.15, 0.2) is 24.3 Å². The molecule has 0 saturated carbocycles. The quantitative estimate of drug-likeness (QED) is 0.836. The van der Waals surface area contributed by atoms with Crippen LogP contribution < -0.4 is 5.73 Å². The lowest BCUT2D eigenvalue weighted by molar-refractivity contribution is 0.263. The topological polar surface area (TPSA) is 29.3 Å². The third-order valence-corrected chi connectivity index (χ3v) is 4.50. The van der Waals surface area contributed by atoms with Crippen LogP contribution >= 0.6 is 11.8 Å². The molecule has 1 heterocycles. The maximum Gasteiger partial charge on any atom is 0.0314 e. The summed E-state index contributed by atoms with van der Waals surface area (Å²) in [5.74, 6) is 1.26. The van der Waals surface area contributed by atoms with Crippen molar-refractivity contribution in [2.75, 3.05) is 31.1 Å². The van der Waals surface area contributed by atoms with Gasteiger partial charge in [0.2, 0.25) is 0 Å². The van der Waals surface area contributed by atoms with Crippen LogP contribution in [0.1, 0.15) is 19.4 Å². The van der Waals surface area contributed by atoms with Crippen LogP contribution in [0.5, 0.6) is 0 Å². The summed E-state index contributed by atoms with van der Waals surface area (Å²) in [6.45, 7) is 8.27. The first kappa shape index (κ1) is 12.8. The Hall–Kier alpha value is -0.670. The summed E-state index contributed by atoms with van der Waals surface area (Å²) in [7, 11) is 0. The Morgan fingerprint density at radius 1 is 1.29 bits per heavy atom. The molecule has 1 aromatic carbocycles. The number of anilines is 1. The van der Waals surface area contributed by atoms with Crippen molar-refractivity contribution in [2.45, 2.75) is 25.0 Å². The Kier molecular flexibility index (Phi) is 4.00. The van der Waals surface area contributed by atoms with Gasteiger partial charge in [-0.25, -0.2) is 0 Å². The van der Waals surface area contributed by atoms with E-state index in [0.29, 0.717) is 4.75 Å². The van der Waals surface area contributed by atoms with E-state index in [1.165, 1.54) is 24.4 Å². The van der Waals surface area contributed by atoms with Gasteiger partial charge in [0.1, 0.15) is 0 Å². The zero-order valence-electron chi connectivity index (χ0n) is 10.8. The minimum absolute atomic E-state index is 0.416. The van der Waals surface area contributed by atoms with Crippen molar-refractivity contribution in [3.63, 3.8) is 0 Å². The average molecular weight is 250 g/mol. The first-order chi connectivity index (χ1) is 8.05. The van der Waals surface area contributed by atoms with Crippen molar-refractivity contribution in [1.82, 2.24) is 4.90 Å². The van der Waals surface area contributed by atoms with Crippen LogP contribution in [-0.2, 0) is 6.42 Å². The third-order valence-electron chi connectivity index (χ3n) is 3.20. The fraction of sp³-hybridized carbons (Fsp3) is 0.571. The SMILES string of the molecule is CC1(C)CN(CCc2ccc(N)cc2)CCS1. The molecule has 1 saturated heterocycles. The van der Waals surface area contributed by atoms with E-state index in [1.54, 1.807) is 0 Å². The predicted octanol–water partition coefficient (Wildman–Crippen LogP) is 2.64. The highest BCUT2D eigenvalue weighted by Gasteiger charge is 2.26. The summed E-state index contributed by atoms with van der Waals surface area (Å²) < 4.78 is 0.416. The molecule has 0 unspecified atom stereocenters. The molecule has 1 aromatic rings. The van der Waals surface area contributed by atoms with Gasteiger partial charge in [-0.2, -0.15) is 11.8 Å². The third kappa shape index (κ3) is 3.93. The molecule has 1 aliphatic rings. The zero-order valence-corrected chi connectivity index (χ0v) is 11.6. The molecule has 17 heavy (non-hydrogen) atoms. The second kappa shape index (κ2) is 5.32. The van der Waals surface area contributed by atoms with E-state index in [0.717, 1.165) is 18.7 Å². The van der Waals surface area contributed by atoms with E-state index in [1.807, 2.05) is 12.1 Å². The van der Waals surface area contributed by atoms with E-state index >= 15 is 0 Å². The molecule has 0 spiro atoms. The van der Waals surface area contributed by atoms with Crippen LogP contribution in [0.25, 0.3) is 0 Å². The summed E-state index contributed by atoms with van der Waals surface area (Å²) in [4.78, 5) is 2.58. The fourth-order valence-corrected chi connectivity index (χ4v) is 3.45. The number of nitrogens with two attached hydrogens (primary N) is 1. The fourth-order valence-electron chi connectivity index (χ4n) is 2.28. The van der Waals surface area contributed by atoms with Gasteiger partial charge in [0.25, 0.3) is 0 Å². The summed E-state index contributed by atoms with van der Waals surface area (Å²) in [6.07, 6.45) is 1.13. The highest BCUT2D eigenvalue weighted by atomic mass is 32.2. The molecule has 1 fully saturated rings. The van der Waals surface area contributed by atoms with E-state index < -0.39 is 0 Å². The molecular formula is C14H22N2S. The molecule has 2 rings (SSSR count). The number of thioether (sulfide) groups is 1. The summed E-state index contributed by atoms with van der Waals surface area (Å²) in [5, 5.41) is 0. The normalized spacial score (nSPS) is 20.4. The van der Waals surface area contributed by atoms with Crippen LogP contribution in [0, 0.1) is 0 Å². The van der Waals surface area contributed by atoms with Crippen molar-refractivity contribution in [1.29, 1.82) is 0 Å². The van der Waals surface area contributed by atoms with Gasteiger partial charge in [0.05, 0.1) is 0 Å². The van der Waals surface area contributed by atoms with E-state index in [-0.39, 0.29) is 0 Å². The van der Waals surface area contributed by atoms with Crippen LogP contribution in [-0.4, -0.2) is 35.0 Å². The number of hydrogen-bond donors (Lipinski definition) is 1. The van der Waals surface area contributed by atoms with Crippen molar-refractivity contribution >= 4 is 17.4 Å². The van der Waals surface area contributed by atoms with Gasteiger partial charge in [0.15, 0.2) is 0 Å². The zero-order chi connectivity index (χ0) is 12.3. The Bertz CT molecular complexity index is 359. The lowest BCUT2D eigenvalue weighted by Crippen LogP contribution is -2.43. The van der Waals surface area contributed by atoms with Gasteiger partial charge in [-0.1, -0.05) is 12.1 Å². The molecule has 2 N–H and O–H groups in total. The molecule has 2 nitrogen and oxygen atoms in total. The molecule has 3 heteroatoms. The van der Waals surface area contributed by atoms with Crippen LogP contribution in [0.3, 0.4) is 0 Å². The number of hydrogen-bond acceptors (Lipinski definition) is 3. The number of rotatable bonds is 3. The van der Waals surface area contributed by atoms with Crippen LogP contribution in [0.2, 0.25) is 0 Å². The maximum absolute atomic E-state index is 5.69. The van der Waals surface area contributed by atoms with Crippen molar-refractivity contribution < 1.29 is 0 Å². The lowest BCUT2D eigenvalue weighted by atomic mass is 10.1. The van der Waals surface area contributed by atoms with E-state index in [2.05, 4.69) is 42.6 Å². The van der Waals surface area contributed by atoms with Gasteiger partial charge in [-0.15, -0.1) is 0 Å². The summed E-state index contributed by atoms with van der Waals surface area (Å²) in [6, 6.07) is 8.26. The molecular weight excluding hydrogens is 228 g/mol. The monoisotopic (exact) mass is 250 g/mol. The van der Waals surface area contributed by atoms with E-state index in [9.17, 15) is 0 Å². The molecule has 0 aromatic heterocycles. The first-order valence-corrected chi connectivity index (χ1v) is 7.24. The Morgan fingerprint density at radius 2 is 2.00 bits per heavy atom. The van der Waals surface area contributed by atoms with Gasteiger partial charge in [-0.3, -0.25) is 0 Å². The number of benzene rings is 1. The smallest absolute Gasteiger partial charge is 0.0314 e. The minimum Gasteiger partial charge on any atom is -0.399 e. The summed E-state index contributed by atoms with van der Waals surface area (Å²) in [5.41, 5.74) is 7.92. The van der Waals surface area contributed by atoms with Gasteiger partial charge >= 0.3 is 0 Å². The van der Waals surface area contributed by atoms with E-state index in [4.69, 9.17) is 5.73 Å². The van der Waals surface area contributed by atoms with Gasteiger partial charge < -0.3 is 10.6 Å². The largest absolute Gasteiger partial charge is 0.399 e. The average Bonchev–Trinajstić information content (AvgIpc) is 2.27. The van der Waals surface area contributed by atoms with Crippen molar-refractivity contribution in [3.8, 4) is 0 Å². The Morgan fingerprint density at radius 3 is 2.65 bits per heavy atom. The Labute approximate surface area is 109 Å². The minimum atomic E-state index is 0.416. The second-order valence-corrected chi connectivity index (χ2v) is 7.18. The molecule has 0 atom stereocenters. The molecule has 1 aliphatic heterocycles. The molecule has 0 radical (unpaired) electrons. The molecule has 0 bridgehead atoms. The van der Waals surface area contributed by atoms with Gasteiger partial charge in [0, 0.05) is 35.8 Å². The maximum atomic E-state index is 5.69. The van der Waals surface area contributed by atoms with Crippen LogP contribution in [0.4, 0.5) is 5.69 Å². The van der Waals surface area contributed by atoms with Crippen molar-refractivity contribution in [2.24, 2.45) is 0 Å². The molecule has 94 valence electrons. The second-order valence-electron chi connectivity index (χ2n) is 5.38. The van der Waals surface area contributed by atoms with Gasteiger partial charge in [-0.05, 0) is 38.0 Å². The first-order valence-electron chi connectivity index (χ1n) is 6.26. The highest BCUT2D eigenvalue weighted by Crippen LogP contribution is 2.29.